The first-order valence-corrected chi connectivity index (χ1v) is 9.88. The van der Waals surface area contributed by atoms with Crippen molar-refractivity contribution in [1.29, 1.82) is 0 Å². The number of nitrogens with zero attached hydrogens (tertiary/aromatic N) is 2. The summed E-state index contributed by atoms with van der Waals surface area (Å²) in [4.78, 5) is 27.8. The van der Waals surface area contributed by atoms with Gasteiger partial charge in [-0.25, -0.2) is 0 Å². The summed E-state index contributed by atoms with van der Waals surface area (Å²) in [5.41, 5.74) is 1.29. The standard InChI is InChI=1S/C19H26N2O3S/c1-5-17(22)20(4)16-10-8-15(9-11-16)18(23)21-12-13-25(24)19(6-2,7-3)14-21/h5,8-11H,1,6-7,12-14H2,2-4H3. The van der Waals surface area contributed by atoms with E-state index in [2.05, 4.69) is 6.58 Å². The minimum Gasteiger partial charge on any atom is -0.336 e. The third-order valence-electron chi connectivity index (χ3n) is 5.09. The van der Waals surface area contributed by atoms with Gasteiger partial charge in [0.25, 0.3) is 5.91 Å². The van der Waals surface area contributed by atoms with E-state index >= 15 is 0 Å². The number of anilines is 1. The molecule has 1 atom stereocenters. The maximum Gasteiger partial charge on any atom is 0.253 e. The van der Waals surface area contributed by atoms with Crippen LogP contribution in [0.3, 0.4) is 0 Å². The molecule has 1 fully saturated rings. The lowest BCUT2D eigenvalue weighted by Crippen LogP contribution is -2.54. The minimum atomic E-state index is -0.894. The molecule has 1 unspecified atom stereocenters. The number of likely N-dealkylation sites (N-methyl/N-ethyl adjacent to an activating group) is 1. The highest BCUT2D eigenvalue weighted by atomic mass is 32.2. The zero-order valence-corrected chi connectivity index (χ0v) is 16.0. The maximum atomic E-state index is 12.8. The Balaban J connectivity index is 2.16. The van der Waals surface area contributed by atoms with Gasteiger partial charge in [-0.05, 0) is 43.2 Å². The Morgan fingerprint density at radius 3 is 2.40 bits per heavy atom. The van der Waals surface area contributed by atoms with Gasteiger partial charge in [-0.1, -0.05) is 20.4 Å². The van der Waals surface area contributed by atoms with Crippen molar-refractivity contribution in [2.24, 2.45) is 0 Å². The van der Waals surface area contributed by atoms with E-state index in [4.69, 9.17) is 0 Å². The molecule has 2 amide bonds. The molecule has 0 spiro atoms. The topological polar surface area (TPSA) is 57.7 Å². The van der Waals surface area contributed by atoms with Gasteiger partial charge < -0.3 is 9.80 Å². The molecule has 2 rings (SSSR count). The predicted molar refractivity (Wildman–Crippen MR) is 102 cm³/mol. The molecule has 0 aliphatic carbocycles. The van der Waals surface area contributed by atoms with Crippen molar-refractivity contribution in [3.63, 3.8) is 0 Å². The number of amides is 2. The van der Waals surface area contributed by atoms with Crippen LogP contribution >= 0.6 is 0 Å². The number of carbonyl (C=O) groups excluding carboxylic acids is 2. The average molecular weight is 362 g/mol. The van der Waals surface area contributed by atoms with Gasteiger partial charge in [0.05, 0.1) is 4.75 Å². The van der Waals surface area contributed by atoms with Crippen molar-refractivity contribution in [3.8, 4) is 0 Å². The van der Waals surface area contributed by atoms with Gasteiger partial charge in [0.2, 0.25) is 5.91 Å². The number of benzene rings is 1. The van der Waals surface area contributed by atoms with Crippen LogP contribution < -0.4 is 4.90 Å². The van der Waals surface area contributed by atoms with Gasteiger partial charge >= 0.3 is 0 Å². The Morgan fingerprint density at radius 2 is 1.88 bits per heavy atom. The summed E-state index contributed by atoms with van der Waals surface area (Å²) >= 11 is 0. The van der Waals surface area contributed by atoms with E-state index in [1.54, 1.807) is 31.3 Å². The summed E-state index contributed by atoms with van der Waals surface area (Å²) in [5.74, 6) is 0.280. The molecule has 0 saturated carbocycles. The molecule has 25 heavy (non-hydrogen) atoms. The molecule has 0 aromatic heterocycles. The maximum absolute atomic E-state index is 12.8. The van der Waals surface area contributed by atoms with Crippen molar-refractivity contribution < 1.29 is 13.8 Å². The van der Waals surface area contributed by atoms with E-state index in [1.807, 2.05) is 18.7 Å². The predicted octanol–water partition coefficient (Wildman–Crippen LogP) is 2.60. The summed E-state index contributed by atoms with van der Waals surface area (Å²) < 4.78 is 12.1. The van der Waals surface area contributed by atoms with Crippen LogP contribution in [0.1, 0.15) is 37.0 Å². The quantitative estimate of drug-likeness (QED) is 0.757. The largest absolute Gasteiger partial charge is 0.336 e. The van der Waals surface area contributed by atoms with Gasteiger partial charge in [-0.15, -0.1) is 0 Å². The molecule has 1 aliphatic rings. The van der Waals surface area contributed by atoms with Gasteiger partial charge in [0.15, 0.2) is 0 Å². The highest BCUT2D eigenvalue weighted by molar-refractivity contribution is 7.86. The monoisotopic (exact) mass is 362 g/mol. The van der Waals surface area contributed by atoms with Crippen LogP contribution in [0, 0.1) is 0 Å². The van der Waals surface area contributed by atoms with E-state index in [9.17, 15) is 13.8 Å². The van der Waals surface area contributed by atoms with Crippen LogP contribution in [0.5, 0.6) is 0 Å². The first-order chi connectivity index (χ1) is 11.9. The molecule has 6 heteroatoms. The third kappa shape index (κ3) is 3.84. The van der Waals surface area contributed by atoms with Crippen molar-refractivity contribution in [2.45, 2.75) is 31.4 Å². The molecular formula is C19H26N2O3S. The summed E-state index contributed by atoms with van der Waals surface area (Å²) in [7, 11) is 0.770. The minimum absolute atomic E-state index is 0.0489. The summed E-state index contributed by atoms with van der Waals surface area (Å²) in [6.45, 7) is 8.60. The SMILES string of the molecule is C=CC(=O)N(C)c1ccc(C(=O)N2CCS(=O)C(CC)(CC)C2)cc1. The van der Waals surface area contributed by atoms with Gasteiger partial charge in [-0.3, -0.25) is 13.8 Å². The molecule has 136 valence electrons. The normalized spacial score (nSPS) is 19.3. The van der Waals surface area contributed by atoms with Crippen molar-refractivity contribution in [2.75, 3.05) is 30.8 Å². The molecule has 1 saturated heterocycles. The number of carbonyl (C=O) groups is 2. The second-order valence-corrected chi connectivity index (χ2v) is 8.28. The molecule has 1 aromatic rings. The fourth-order valence-electron chi connectivity index (χ4n) is 3.15. The van der Waals surface area contributed by atoms with Crippen molar-refractivity contribution in [1.82, 2.24) is 4.90 Å². The van der Waals surface area contributed by atoms with Crippen LogP contribution in [-0.2, 0) is 15.6 Å². The number of rotatable bonds is 5. The molecule has 0 bridgehead atoms. The molecule has 1 aliphatic heterocycles. The van der Waals surface area contributed by atoms with Crippen LogP contribution in [0.2, 0.25) is 0 Å². The van der Waals surface area contributed by atoms with Crippen LogP contribution in [0.25, 0.3) is 0 Å². The Bertz CT molecular complexity index is 680. The lowest BCUT2D eigenvalue weighted by molar-refractivity contribution is -0.113. The Kier molecular flexibility index (Phi) is 6.16. The van der Waals surface area contributed by atoms with Crippen LogP contribution in [-0.4, -0.2) is 51.6 Å². The summed E-state index contributed by atoms with van der Waals surface area (Å²) in [5, 5.41) is 0. The smallest absolute Gasteiger partial charge is 0.253 e. The van der Waals surface area contributed by atoms with E-state index < -0.39 is 10.8 Å². The lowest BCUT2D eigenvalue weighted by Gasteiger charge is -2.41. The second kappa shape index (κ2) is 7.95. The molecule has 1 heterocycles. The molecular weight excluding hydrogens is 336 g/mol. The summed E-state index contributed by atoms with van der Waals surface area (Å²) in [6.07, 6.45) is 2.85. The number of hydrogen-bond acceptors (Lipinski definition) is 3. The zero-order chi connectivity index (χ0) is 18.6. The van der Waals surface area contributed by atoms with Gasteiger partial charge in [0, 0.05) is 47.9 Å². The van der Waals surface area contributed by atoms with E-state index in [0.29, 0.717) is 30.1 Å². The lowest BCUT2D eigenvalue weighted by atomic mass is 10.0. The van der Waals surface area contributed by atoms with E-state index in [1.165, 1.54) is 11.0 Å². The van der Waals surface area contributed by atoms with E-state index in [-0.39, 0.29) is 16.6 Å². The Morgan fingerprint density at radius 1 is 1.28 bits per heavy atom. The molecule has 0 N–H and O–H groups in total. The van der Waals surface area contributed by atoms with Crippen LogP contribution in [0.4, 0.5) is 5.69 Å². The Hall–Kier alpha value is -1.95. The molecule has 0 radical (unpaired) electrons. The van der Waals surface area contributed by atoms with Crippen LogP contribution in [0.15, 0.2) is 36.9 Å². The fraction of sp³-hybridized carbons (Fsp3) is 0.474. The van der Waals surface area contributed by atoms with Gasteiger partial charge in [0.1, 0.15) is 0 Å². The first-order valence-electron chi connectivity index (χ1n) is 8.56. The van der Waals surface area contributed by atoms with Crippen molar-refractivity contribution >= 4 is 28.3 Å². The summed E-state index contributed by atoms with van der Waals surface area (Å²) in [6, 6.07) is 6.97. The zero-order valence-electron chi connectivity index (χ0n) is 15.2. The average Bonchev–Trinajstić information content (AvgIpc) is 2.67. The highest BCUT2D eigenvalue weighted by Crippen LogP contribution is 2.29. The molecule has 5 nitrogen and oxygen atoms in total. The van der Waals surface area contributed by atoms with Crippen molar-refractivity contribution in [3.05, 3.63) is 42.5 Å². The fourth-order valence-corrected chi connectivity index (χ4v) is 4.91. The highest BCUT2D eigenvalue weighted by Gasteiger charge is 2.40. The second-order valence-electron chi connectivity index (χ2n) is 6.31. The number of hydrogen-bond donors (Lipinski definition) is 0. The third-order valence-corrected chi connectivity index (χ3v) is 7.32. The first kappa shape index (κ1) is 19.4. The van der Waals surface area contributed by atoms with E-state index in [0.717, 1.165) is 12.8 Å². The Labute approximate surface area is 152 Å². The van der Waals surface area contributed by atoms with Gasteiger partial charge in [-0.2, -0.15) is 0 Å². The molecule has 1 aromatic carbocycles.